The molecule has 7 nitrogen and oxygen atoms in total. The molecule has 0 amide bonds. The van der Waals surface area contributed by atoms with Gasteiger partial charge in [0.1, 0.15) is 0 Å². The summed E-state index contributed by atoms with van der Waals surface area (Å²) < 4.78 is 7.33. The lowest BCUT2D eigenvalue weighted by atomic mass is 10.2. The van der Waals surface area contributed by atoms with E-state index >= 15 is 0 Å². The van der Waals surface area contributed by atoms with Crippen molar-refractivity contribution in [3.05, 3.63) is 59.4 Å². The van der Waals surface area contributed by atoms with Gasteiger partial charge >= 0.3 is 0 Å². The second-order valence-corrected chi connectivity index (χ2v) is 6.96. The van der Waals surface area contributed by atoms with Gasteiger partial charge in [0.15, 0.2) is 5.16 Å². The van der Waals surface area contributed by atoms with Crippen molar-refractivity contribution >= 4 is 40.2 Å². The number of halogens is 1. The molecule has 0 saturated carbocycles. The van der Waals surface area contributed by atoms with E-state index in [1.165, 1.54) is 11.8 Å². The first-order valence-corrected chi connectivity index (χ1v) is 9.17. The van der Waals surface area contributed by atoms with Crippen LogP contribution in [0.4, 0.5) is 0 Å². The Morgan fingerprint density at radius 3 is 2.96 bits per heavy atom. The molecule has 0 radical (unpaired) electrons. The van der Waals surface area contributed by atoms with Crippen molar-refractivity contribution < 1.29 is 4.52 Å². The van der Waals surface area contributed by atoms with E-state index in [-0.39, 0.29) is 0 Å². The second kappa shape index (κ2) is 6.15. The third-order valence-electron chi connectivity index (χ3n) is 3.88. The molecular formula is C17H11ClN6OS. The molecule has 2 aromatic carbocycles. The van der Waals surface area contributed by atoms with Crippen molar-refractivity contribution in [3.63, 3.8) is 0 Å². The SMILES string of the molecule is Clc1cccc(-c2noc(CSc3n[nH]c4nc5ccccc5n34)n2)c1. The molecule has 0 aliphatic rings. The smallest absolute Gasteiger partial charge is 0.237 e. The largest absolute Gasteiger partial charge is 0.338 e. The van der Waals surface area contributed by atoms with E-state index in [0.717, 1.165) is 21.8 Å². The lowest BCUT2D eigenvalue weighted by molar-refractivity contribution is 0.391. The Hall–Kier alpha value is -2.84. The number of thioether (sulfide) groups is 1. The van der Waals surface area contributed by atoms with Crippen LogP contribution in [0.1, 0.15) is 5.89 Å². The van der Waals surface area contributed by atoms with Gasteiger partial charge in [-0.15, -0.1) is 5.10 Å². The van der Waals surface area contributed by atoms with Gasteiger partial charge in [-0.1, -0.05) is 52.8 Å². The number of fused-ring (bicyclic) bond motifs is 3. The number of nitrogens with zero attached hydrogens (tertiary/aromatic N) is 5. The standard InChI is InChI=1S/C17H11ClN6OS/c18-11-5-3-4-10(8-11)15-20-14(25-23-15)9-26-17-22-21-16-19-12-6-1-2-7-13(12)24(16)17/h1-8H,9H2,(H,19,21). The Bertz CT molecular complexity index is 1230. The highest BCUT2D eigenvalue weighted by molar-refractivity contribution is 7.98. The van der Waals surface area contributed by atoms with Gasteiger partial charge in [-0.05, 0) is 24.3 Å². The zero-order chi connectivity index (χ0) is 17.5. The van der Waals surface area contributed by atoms with E-state index in [9.17, 15) is 0 Å². The fraction of sp³-hybridized carbons (Fsp3) is 0.0588. The van der Waals surface area contributed by atoms with Crippen LogP contribution >= 0.6 is 23.4 Å². The fourth-order valence-corrected chi connectivity index (χ4v) is 3.71. The summed E-state index contributed by atoms with van der Waals surface area (Å²) in [5.41, 5.74) is 2.74. The molecule has 26 heavy (non-hydrogen) atoms. The number of rotatable bonds is 4. The molecule has 128 valence electrons. The molecule has 0 aliphatic heterocycles. The lowest BCUT2D eigenvalue weighted by Crippen LogP contribution is -1.87. The van der Waals surface area contributed by atoms with Crippen molar-refractivity contribution in [2.24, 2.45) is 0 Å². The zero-order valence-electron chi connectivity index (χ0n) is 13.3. The van der Waals surface area contributed by atoms with Crippen molar-refractivity contribution in [1.29, 1.82) is 0 Å². The molecule has 3 heterocycles. The average Bonchev–Trinajstić information content (AvgIpc) is 3.35. The van der Waals surface area contributed by atoms with E-state index in [1.54, 1.807) is 12.1 Å². The fourth-order valence-electron chi connectivity index (χ4n) is 2.72. The van der Waals surface area contributed by atoms with E-state index in [0.29, 0.717) is 28.3 Å². The van der Waals surface area contributed by atoms with Gasteiger partial charge in [-0.2, -0.15) is 4.98 Å². The quantitative estimate of drug-likeness (QED) is 0.469. The topological polar surface area (TPSA) is 84.9 Å². The van der Waals surface area contributed by atoms with Crippen LogP contribution in [0.15, 0.2) is 58.2 Å². The lowest BCUT2D eigenvalue weighted by Gasteiger charge is -1.96. The summed E-state index contributed by atoms with van der Waals surface area (Å²) in [6.45, 7) is 0. The molecule has 1 N–H and O–H groups in total. The Balaban J connectivity index is 1.41. The molecule has 5 aromatic rings. The van der Waals surface area contributed by atoms with Crippen LogP contribution in [0.5, 0.6) is 0 Å². The van der Waals surface area contributed by atoms with Gasteiger partial charge in [0.2, 0.25) is 17.5 Å². The number of nitrogens with one attached hydrogen (secondary N) is 1. The average molecular weight is 383 g/mol. The first-order valence-electron chi connectivity index (χ1n) is 7.81. The first kappa shape index (κ1) is 15.4. The van der Waals surface area contributed by atoms with Crippen molar-refractivity contribution in [2.75, 3.05) is 0 Å². The summed E-state index contributed by atoms with van der Waals surface area (Å²) >= 11 is 7.51. The predicted octanol–water partition coefficient (Wildman–Crippen LogP) is 4.21. The molecule has 0 atom stereocenters. The summed E-state index contributed by atoms with van der Waals surface area (Å²) in [5.74, 6) is 2.24. The number of H-pyrrole nitrogens is 1. The van der Waals surface area contributed by atoms with Crippen LogP contribution in [-0.2, 0) is 5.75 Å². The molecule has 0 bridgehead atoms. The second-order valence-electron chi connectivity index (χ2n) is 5.58. The highest BCUT2D eigenvalue weighted by Gasteiger charge is 2.14. The number of aromatic nitrogens is 6. The van der Waals surface area contributed by atoms with Crippen LogP contribution in [0.25, 0.3) is 28.2 Å². The molecule has 0 aliphatic carbocycles. The normalized spacial score (nSPS) is 11.6. The summed E-state index contributed by atoms with van der Waals surface area (Å²) in [6.07, 6.45) is 0. The van der Waals surface area contributed by atoms with E-state index in [1.807, 2.05) is 40.8 Å². The van der Waals surface area contributed by atoms with Crippen molar-refractivity contribution in [2.45, 2.75) is 10.9 Å². The van der Waals surface area contributed by atoms with Crippen LogP contribution in [0.3, 0.4) is 0 Å². The molecule has 0 fully saturated rings. The highest BCUT2D eigenvalue weighted by Crippen LogP contribution is 2.26. The summed E-state index contributed by atoms with van der Waals surface area (Å²) in [7, 11) is 0. The maximum atomic E-state index is 6.01. The maximum Gasteiger partial charge on any atom is 0.237 e. The Morgan fingerprint density at radius 1 is 1.12 bits per heavy atom. The van der Waals surface area contributed by atoms with Crippen molar-refractivity contribution in [3.8, 4) is 11.4 Å². The Labute approximate surface area is 156 Å². The molecule has 3 aromatic heterocycles. The minimum absolute atomic E-state index is 0.500. The molecule has 0 unspecified atom stereocenters. The summed E-state index contributed by atoms with van der Waals surface area (Å²) in [5, 5.41) is 12.7. The van der Waals surface area contributed by atoms with Gasteiger partial charge in [-0.25, -0.2) is 10.1 Å². The number of hydrogen-bond acceptors (Lipinski definition) is 6. The molecular weight excluding hydrogens is 372 g/mol. The highest BCUT2D eigenvalue weighted by atomic mass is 35.5. The molecule has 0 saturated heterocycles. The zero-order valence-corrected chi connectivity index (χ0v) is 14.8. The number of benzene rings is 2. The monoisotopic (exact) mass is 382 g/mol. The third-order valence-corrected chi connectivity index (χ3v) is 5.04. The number of aromatic amines is 1. The Kier molecular flexibility index (Phi) is 3.65. The number of imidazole rings is 1. The molecule has 0 spiro atoms. The summed E-state index contributed by atoms with van der Waals surface area (Å²) in [4.78, 5) is 8.94. The van der Waals surface area contributed by atoms with E-state index in [4.69, 9.17) is 16.1 Å². The van der Waals surface area contributed by atoms with Crippen LogP contribution in [-0.4, -0.2) is 29.7 Å². The third kappa shape index (κ3) is 2.63. The van der Waals surface area contributed by atoms with E-state index < -0.39 is 0 Å². The predicted molar refractivity (Wildman–Crippen MR) is 99.1 cm³/mol. The van der Waals surface area contributed by atoms with Gasteiger partial charge < -0.3 is 4.52 Å². The first-order chi connectivity index (χ1) is 12.8. The van der Waals surface area contributed by atoms with Crippen LogP contribution in [0, 0.1) is 0 Å². The molecule has 9 heteroatoms. The van der Waals surface area contributed by atoms with Crippen LogP contribution in [0.2, 0.25) is 5.02 Å². The van der Waals surface area contributed by atoms with E-state index in [2.05, 4.69) is 25.3 Å². The van der Waals surface area contributed by atoms with Gasteiger partial charge in [-0.3, -0.25) is 4.40 Å². The van der Waals surface area contributed by atoms with Gasteiger partial charge in [0.05, 0.1) is 16.8 Å². The maximum absolute atomic E-state index is 6.01. The van der Waals surface area contributed by atoms with Crippen LogP contribution < -0.4 is 0 Å². The number of para-hydroxylation sites is 2. The summed E-state index contributed by atoms with van der Waals surface area (Å²) in [6, 6.07) is 15.3. The van der Waals surface area contributed by atoms with Gasteiger partial charge in [0.25, 0.3) is 0 Å². The minimum Gasteiger partial charge on any atom is -0.338 e. The molecule has 5 rings (SSSR count). The van der Waals surface area contributed by atoms with Crippen molar-refractivity contribution in [1.82, 2.24) is 29.7 Å². The Morgan fingerprint density at radius 2 is 2.04 bits per heavy atom. The number of hydrogen-bond donors (Lipinski definition) is 1. The van der Waals surface area contributed by atoms with Gasteiger partial charge in [0, 0.05) is 10.6 Å². The minimum atomic E-state index is 0.500.